The van der Waals surface area contributed by atoms with Crippen LogP contribution in [-0.2, 0) is 4.74 Å². The molecule has 1 aromatic carbocycles. The molecule has 0 aliphatic carbocycles. The van der Waals surface area contributed by atoms with E-state index in [-0.39, 0.29) is 18.2 Å². The molecule has 1 heterocycles. The molecular weight excluding hydrogens is 240 g/mol. The second kappa shape index (κ2) is 5.73. The first-order valence-electron chi connectivity index (χ1n) is 6.03. The molecule has 0 saturated carbocycles. The van der Waals surface area contributed by atoms with Gasteiger partial charge >= 0.3 is 0 Å². The topological polar surface area (TPSA) is 32.7 Å². The number of aliphatic hydroxyl groups is 1. The Morgan fingerprint density at radius 2 is 2.28 bits per heavy atom. The van der Waals surface area contributed by atoms with Crippen molar-refractivity contribution in [2.45, 2.75) is 19.1 Å². The number of nitrogens with zero attached hydrogens (tertiary/aromatic N) is 1. The summed E-state index contributed by atoms with van der Waals surface area (Å²) in [6, 6.07) is 4.03. The molecule has 1 aliphatic heterocycles. The number of rotatable bonds is 3. The van der Waals surface area contributed by atoms with Gasteiger partial charge in [-0.3, -0.25) is 4.90 Å². The van der Waals surface area contributed by atoms with Crippen molar-refractivity contribution in [2.75, 3.05) is 26.3 Å². The van der Waals surface area contributed by atoms with E-state index in [2.05, 4.69) is 0 Å². The van der Waals surface area contributed by atoms with Crippen molar-refractivity contribution in [3.63, 3.8) is 0 Å². The summed E-state index contributed by atoms with van der Waals surface area (Å²) < 4.78 is 31.9. The molecule has 2 unspecified atom stereocenters. The molecule has 5 heteroatoms. The average molecular weight is 257 g/mol. The van der Waals surface area contributed by atoms with Crippen molar-refractivity contribution in [3.05, 3.63) is 35.4 Å². The Hall–Kier alpha value is -1.04. The Morgan fingerprint density at radius 3 is 3.00 bits per heavy atom. The van der Waals surface area contributed by atoms with E-state index in [0.717, 1.165) is 6.07 Å². The van der Waals surface area contributed by atoms with Crippen LogP contribution in [0.3, 0.4) is 0 Å². The lowest BCUT2D eigenvalue weighted by Gasteiger charge is -2.34. The van der Waals surface area contributed by atoms with Gasteiger partial charge in [-0.05, 0) is 13.0 Å². The van der Waals surface area contributed by atoms with Crippen LogP contribution in [-0.4, -0.2) is 42.4 Å². The van der Waals surface area contributed by atoms with Crippen LogP contribution in [0, 0.1) is 11.6 Å². The van der Waals surface area contributed by atoms with Gasteiger partial charge in [-0.25, -0.2) is 8.78 Å². The van der Waals surface area contributed by atoms with Crippen molar-refractivity contribution in [2.24, 2.45) is 0 Å². The van der Waals surface area contributed by atoms with Gasteiger partial charge < -0.3 is 9.84 Å². The van der Waals surface area contributed by atoms with Crippen molar-refractivity contribution in [1.82, 2.24) is 4.90 Å². The number of halogens is 2. The van der Waals surface area contributed by atoms with Crippen LogP contribution >= 0.6 is 0 Å². The van der Waals surface area contributed by atoms with Crippen molar-refractivity contribution in [3.8, 4) is 0 Å². The molecule has 0 aromatic heterocycles. The number of hydrogen-bond acceptors (Lipinski definition) is 3. The zero-order valence-electron chi connectivity index (χ0n) is 10.3. The van der Waals surface area contributed by atoms with Gasteiger partial charge in [0.1, 0.15) is 0 Å². The number of hydrogen-bond donors (Lipinski definition) is 1. The van der Waals surface area contributed by atoms with E-state index in [9.17, 15) is 13.9 Å². The molecular formula is C13H17F2NO2. The maximum Gasteiger partial charge on any atom is 0.164 e. The lowest BCUT2D eigenvalue weighted by molar-refractivity contribution is -0.0208. The number of morpholine rings is 1. The summed E-state index contributed by atoms with van der Waals surface area (Å²) in [5.41, 5.74) is 0.00805. The third-order valence-electron chi connectivity index (χ3n) is 3.25. The minimum absolute atomic E-state index is 0.00805. The second-order valence-electron chi connectivity index (χ2n) is 4.58. The highest BCUT2D eigenvalue weighted by Gasteiger charge is 2.24. The highest BCUT2D eigenvalue weighted by atomic mass is 19.2. The Labute approximate surface area is 105 Å². The van der Waals surface area contributed by atoms with E-state index in [4.69, 9.17) is 4.74 Å². The summed E-state index contributed by atoms with van der Waals surface area (Å²) in [4.78, 5) is 2.01. The summed E-state index contributed by atoms with van der Waals surface area (Å²) >= 11 is 0. The molecule has 0 spiro atoms. The highest BCUT2D eigenvalue weighted by molar-refractivity contribution is 5.21. The van der Waals surface area contributed by atoms with Gasteiger partial charge in [-0.15, -0.1) is 0 Å². The fourth-order valence-electron chi connectivity index (χ4n) is 2.13. The Kier molecular flexibility index (Phi) is 4.27. The van der Waals surface area contributed by atoms with Crippen LogP contribution in [0.2, 0.25) is 0 Å². The van der Waals surface area contributed by atoms with Gasteiger partial charge in [-0.1, -0.05) is 12.1 Å². The smallest absolute Gasteiger partial charge is 0.164 e. The maximum absolute atomic E-state index is 13.5. The normalized spacial score (nSPS) is 23.0. The van der Waals surface area contributed by atoms with E-state index in [1.807, 2.05) is 11.8 Å². The summed E-state index contributed by atoms with van der Waals surface area (Å²) in [6.07, 6.45) is -1.03. The SMILES string of the molecule is CC1COCCN1CC(O)c1cccc(F)c1F. The van der Waals surface area contributed by atoms with Gasteiger partial charge in [0.15, 0.2) is 11.6 Å². The van der Waals surface area contributed by atoms with E-state index in [1.165, 1.54) is 12.1 Å². The third kappa shape index (κ3) is 2.85. The van der Waals surface area contributed by atoms with Crippen LogP contribution < -0.4 is 0 Å². The zero-order valence-corrected chi connectivity index (χ0v) is 10.3. The summed E-state index contributed by atoms with van der Waals surface area (Å²) in [5.74, 6) is -1.90. The van der Waals surface area contributed by atoms with Crippen molar-refractivity contribution in [1.29, 1.82) is 0 Å². The van der Waals surface area contributed by atoms with Gasteiger partial charge in [0, 0.05) is 24.7 Å². The first-order chi connectivity index (χ1) is 8.59. The zero-order chi connectivity index (χ0) is 13.1. The Balaban J connectivity index is 2.07. The highest BCUT2D eigenvalue weighted by Crippen LogP contribution is 2.21. The molecule has 1 fully saturated rings. The minimum atomic E-state index is -1.03. The fraction of sp³-hybridized carbons (Fsp3) is 0.538. The fourth-order valence-corrected chi connectivity index (χ4v) is 2.13. The van der Waals surface area contributed by atoms with E-state index in [1.54, 1.807) is 0 Å². The summed E-state index contributed by atoms with van der Waals surface area (Å²) in [7, 11) is 0. The van der Waals surface area contributed by atoms with Crippen LogP contribution in [0.1, 0.15) is 18.6 Å². The van der Waals surface area contributed by atoms with Crippen LogP contribution in [0.5, 0.6) is 0 Å². The average Bonchev–Trinajstić information content (AvgIpc) is 2.35. The molecule has 0 bridgehead atoms. The number of β-amino-alcohol motifs (C(OH)–C–C–N with tert-alkyl or cyclic N) is 1. The van der Waals surface area contributed by atoms with Crippen molar-refractivity contribution >= 4 is 0 Å². The summed E-state index contributed by atoms with van der Waals surface area (Å²) in [5, 5.41) is 10.0. The Bertz CT molecular complexity index is 414. The van der Waals surface area contributed by atoms with Crippen LogP contribution in [0.25, 0.3) is 0 Å². The molecule has 18 heavy (non-hydrogen) atoms. The molecule has 1 aliphatic rings. The molecule has 0 amide bonds. The minimum Gasteiger partial charge on any atom is -0.387 e. The van der Waals surface area contributed by atoms with Crippen LogP contribution in [0.4, 0.5) is 8.78 Å². The van der Waals surface area contributed by atoms with Gasteiger partial charge in [0.2, 0.25) is 0 Å². The Morgan fingerprint density at radius 1 is 1.50 bits per heavy atom. The van der Waals surface area contributed by atoms with E-state index in [0.29, 0.717) is 19.8 Å². The molecule has 3 nitrogen and oxygen atoms in total. The predicted octanol–water partition coefficient (Wildman–Crippen LogP) is 1.72. The predicted molar refractivity (Wildman–Crippen MR) is 63.2 cm³/mol. The second-order valence-corrected chi connectivity index (χ2v) is 4.58. The standard InChI is InChI=1S/C13H17F2NO2/c1-9-8-18-6-5-16(9)7-12(17)10-3-2-4-11(14)13(10)15/h2-4,9,12,17H,5-8H2,1H3. The van der Waals surface area contributed by atoms with Gasteiger partial charge in [0.25, 0.3) is 0 Å². The molecule has 100 valence electrons. The number of aliphatic hydroxyl groups excluding tert-OH is 1. The largest absolute Gasteiger partial charge is 0.387 e. The van der Waals surface area contributed by atoms with Crippen molar-refractivity contribution < 1.29 is 18.6 Å². The molecule has 1 N–H and O–H groups in total. The van der Waals surface area contributed by atoms with E-state index >= 15 is 0 Å². The van der Waals surface area contributed by atoms with Crippen LogP contribution in [0.15, 0.2) is 18.2 Å². The lowest BCUT2D eigenvalue weighted by Crippen LogP contribution is -2.45. The molecule has 2 rings (SSSR count). The lowest BCUT2D eigenvalue weighted by atomic mass is 10.1. The quantitative estimate of drug-likeness (QED) is 0.895. The van der Waals surface area contributed by atoms with Gasteiger partial charge in [-0.2, -0.15) is 0 Å². The van der Waals surface area contributed by atoms with Gasteiger partial charge in [0.05, 0.1) is 19.3 Å². The summed E-state index contributed by atoms with van der Waals surface area (Å²) in [6.45, 7) is 4.15. The maximum atomic E-state index is 13.5. The molecule has 1 saturated heterocycles. The molecule has 0 radical (unpaired) electrons. The third-order valence-corrected chi connectivity index (χ3v) is 3.25. The number of benzene rings is 1. The van der Waals surface area contributed by atoms with E-state index < -0.39 is 17.7 Å². The number of ether oxygens (including phenoxy) is 1. The monoisotopic (exact) mass is 257 g/mol. The molecule has 2 atom stereocenters. The first-order valence-corrected chi connectivity index (χ1v) is 6.03. The molecule has 1 aromatic rings. The first kappa shape index (κ1) is 13.4.